The van der Waals surface area contributed by atoms with Crippen LogP contribution in [0.4, 0.5) is 0 Å². The Balaban J connectivity index is 1.81. The zero-order chi connectivity index (χ0) is 17.6. The van der Waals surface area contributed by atoms with Crippen molar-refractivity contribution in [2.24, 2.45) is 0 Å². The van der Waals surface area contributed by atoms with Crippen molar-refractivity contribution in [1.29, 1.82) is 0 Å². The molecule has 3 nitrogen and oxygen atoms in total. The van der Waals surface area contributed by atoms with Crippen molar-refractivity contribution in [3.63, 3.8) is 0 Å². The predicted octanol–water partition coefficient (Wildman–Crippen LogP) is 4.97. The summed E-state index contributed by atoms with van der Waals surface area (Å²) in [7, 11) is 0. The first-order chi connectivity index (χ1) is 12.1. The average molecular weight is 350 g/mol. The van der Waals surface area contributed by atoms with Crippen LogP contribution in [0.5, 0.6) is 0 Å². The van der Waals surface area contributed by atoms with E-state index < -0.39 is 5.97 Å². The van der Waals surface area contributed by atoms with Crippen LogP contribution in [0, 0.1) is 0 Å². The van der Waals surface area contributed by atoms with Crippen LogP contribution in [0.2, 0.25) is 0 Å². The lowest BCUT2D eigenvalue weighted by molar-refractivity contribution is -0.133. The Morgan fingerprint density at radius 1 is 0.880 bits per heavy atom. The molecule has 0 aliphatic carbocycles. The quantitative estimate of drug-likeness (QED) is 0.611. The second-order valence-electron chi connectivity index (χ2n) is 5.79. The van der Waals surface area contributed by atoms with E-state index in [2.05, 4.69) is 0 Å². The highest BCUT2D eigenvalue weighted by molar-refractivity contribution is 8.00. The third-order valence-corrected chi connectivity index (χ3v) is 5.28. The zero-order valence-electron chi connectivity index (χ0n) is 13.6. The van der Waals surface area contributed by atoms with Gasteiger partial charge in [-0.3, -0.25) is 9.59 Å². The SMILES string of the molecule is O=C(O)CSC(CC(=O)c1ccc2ccccc2c1)c1ccccc1. The third kappa shape index (κ3) is 4.48. The largest absolute Gasteiger partial charge is 0.481 e. The van der Waals surface area contributed by atoms with Gasteiger partial charge in [0.2, 0.25) is 0 Å². The average Bonchev–Trinajstić information content (AvgIpc) is 2.65. The zero-order valence-corrected chi connectivity index (χ0v) is 14.4. The highest BCUT2D eigenvalue weighted by Gasteiger charge is 2.19. The molecule has 0 saturated heterocycles. The molecule has 0 saturated carbocycles. The molecule has 0 bridgehead atoms. The molecule has 1 unspecified atom stereocenters. The number of carboxylic acid groups (broad SMARTS) is 1. The van der Waals surface area contributed by atoms with Gasteiger partial charge in [0.1, 0.15) is 0 Å². The van der Waals surface area contributed by atoms with Gasteiger partial charge in [-0.25, -0.2) is 0 Å². The third-order valence-electron chi connectivity index (χ3n) is 4.02. The van der Waals surface area contributed by atoms with Gasteiger partial charge in [-0.05, 0) is 22.4 Å². The Bertz CT molecular complexity index is 890. The molecular weight excluding hydrogens is 332 g/mol. The van der Waals surface area contributed by atoms with Gasteiger partial charge in [-0.15, -0.1) is 11.8 Å². The molecule has 0 radical (unpaired) electrons. The van der Waals surface area contributed by atoms with Gasteiger partial charge >= 0.3 is 5.97 Å². The summed E-state index contributed by atoms with van der Waals surface area (Å²) in [5.41, 5.74) is 1.64. The topological polar surface area (TPSA) is 54.4 Å². The summed E-state index contributed by atoms with van der Waals surface area (Å²) < 4.78 is 0. The van der Waals surface area contributed by atoms with Crippen LogP contribution in [0.15, 0.2) is 72.8 Å². The Hall–Kier alpha value is -2.59. The van der Waals surface area contributed by atoms with Crippen molar-refractivity contribution in [3.05, 3.63) is 83.9 Å². The van der Waals surface area contributed by atoms with Crippen LogP contribution >= 0.6 is 11.8 Å². The number of fused-ring (bicyclic) bond motifs is 1. The first-order valence-corrected chi connectivity index (χ1v) is 9.09. The second kappa shape index (κ2) is 7.99. The van der Waals surface area contributed by atoms with Gasteiger partial charge in [0.05, 0.1) is 5.75 Å². The molecule has 3 rings (SSSR count). The Morgan fingerprint density at radius 2 is 1.56 bits per heavy atom. The van der Waals surface area contributed by atoms with Gasteiger partial charge in [-0.1, -0.05) is 66.7 Å². The van der Waals surface area contributed by atoms with Gasteiger partial charge < -0.3 is 5.11 Å². The van der Waals surface area contributed by atoms with Gasteiger partial charge in [0, 0.05) is 17.2 Å². The molecule has 0 heterocycles. The lowest BCUT2D eigenvalue weighted by Crippen LogP contribution is -2.08. The predicted molar refractivity (Wildman–Crippen MR) is 102 cm³/mol. The molecule has 1 N–H and O–H groups in total. The summed E-state index contributed by atoms with van der Waals surface area (Å²) in [5.74, 6) is -0.869. The van der Waals surface area contributed by atoms with Gasteiger partial charge in [0.15, 0.2) is 5.78 Å². The first-order valence-electron chi connectivity index (χ1n) is 8.04. The lowest BCUT2D eigenvalue weighted by Gasteiger charge is -2.15. The molecule has 3 aromatic rings. The van der Waals surface area contributed by atoms with E-state index in [0.717, 1.165) is 16.3 Å². The molecule has 126 valence electrons. The fourth-order valence-corrected chi connectivity index (χ4v) is 3.72. The van der Waals surface area contributed by atoms with Crippen LogP contribution in [0.3, 0.4) is 0 Å². The molecule has 0 spiro atoms. The van der Waals surface area contributed by atoms with Crippen LogP contribution in [-0.2, 0) is 4.79 Å². The first kappa shape index (κ1) is 17.2. The fraction of sp³-hybridized carbons (Fsp3) is 0.143. The van der Waals surface area contributed by atoms with Crippen molar-refractivity contribution in [1.82, 2.24) is 0 Å². The molecule has 1 atom stereocenters. The minimum Gasteiger partial charge on any atom is -0.481 e. The minimum atomic E-state index is -0.871. The monoisotopic (exact) mass is 350 g/mol. The van der Waals surface area contributed by atoms with E-state index in [0.29, 0.717) is 5.56 Å². The molecule has 4 heteroatoms. The number of Topliss-reactive ketones (excluding diaryl/α,β-unsaturated/α-hetero) is 1. The number of carbonyl (C=O) groups excluding carboxylic acids is 1. The highest BCUT2D eigenvalue weighted by Crippen LogP contribution is 2.33. The smallest absolute Gasteiger partial charge is 0.313 e. The number of rotatable bonds is 7. The Morgan fingerprint density at radius 3 is 2.28 bits per heavy atom. The number of carbonyl (C=O) groups is 2. The number of benzene rings is 3. The molecule has 0 amide bonds. The van der Waals surface area contributed by atoms with Crippen molar-refractivity contribution in [3.8, 4) is 0 Å². The van der Waals surface area contributed by atoms with Crippen LogP contribution in [-0.4, -0.2) is 22.6 Å². The highest BCUT2D eigenvalue weighted by atomic mass is 32.2. The summed E-state index contributed by atoms with van der Waals surface area (Å²) in [6.07, 6.45) is 0.278. The number of carboxylic acids is 1. The standard InChI is InChI=1S/C21H18O3S/c22-19(18-11-10-15-6-4-5-9-17(15)12-18)13-20(25-14-21(23)24)16-7-2-1-3-8-16/h1-12,20H,13-14H2,(H,23,24). The second-order valence-corrected chi connectivity index (χ2v) is 6.98. The molecule has 0 fully saturated rings. The van der Waals surface area contributed by atoms with Gasteiger partial charge in [-0.2, -0.15) is 0 Å². The van der Waals surface area contributed by atoms with E-state index in [9.17, 15) is 9.59 Å². The summed E-state index contributed by atoms with van der Waals surface area (Å²) in [6, 6.07) is 23.2. The fourth-order valence-electron chi connectivity index (χ4n) is 2.76. The number of hydrogen-bond acceptors (Lipinski definition) is 3. The van der Waals surface area contributed by atoms with Crippen LogP contribution in [0.1, 0.15) is 27.6 Å². The van der Waals surface area contributed by atoms with E-state index in [1.807, 2.05) is 72.8 Å². The summed E-state index contributed by atoms with van der Waals surface area (Å²) in [5, 5.41) is 10.9. The van der Waals surface area contributed by atoms with E-state index >= 15 is 0 Å². The molecule has 0 aliphatic heterocycles. The Labute approximate surface area is 150 Å². The molecular formula is C21H18O3S. The maximum absolute atomic E-state index is 12.8. The summed E-state index contributed by atoms with van der Waals surface area (Å²) in [4.78, 5) is 23.7. The Kier molecular flexibility index (Phi) is 5.51. The lowest BCUT2D eigenvalue weighted by atomic mass is 10.00. The van der Waals surface area contributed by atoms with Crippen LogP contribution in [0.25, 0.3) is 10.8 Å². The summed E-state index contributed by atoms with van der Waals surface area (Å²) in [6.45, 7) is 0. The molecule has 0 aromatic heterocycles. The maximum atomic E-state index is 12.8. The number of hydrogen-bond donors (Lipinski definition) is 1. The summed E-state index contributed by atoms with van der Waals surface area (Å²) >= 11 is 1.29. The number of aliphatic carboxylic acids is 1. The van der Waals surface area contributed by atoms with Crippen LogP contribution < -0.4 is 0 Å². The minimum absolute atomic E-state index is 0.0233. The van der Waals surface area contributed by atoms with Gasteiger partial charge in [0.25, 0.3) is 0 Å². The van der Waals surface area contributed by atoms with Crippen molar-refractivity contribution >= 4 is 34.3 Å². The normalized spacial score (nSPS) is 12.0. The van der Waals surface area contributed by atoms with Crippen molar-refractivity contribution < 1.29 is 14.7 Å². The number of ketones is 1. The van der Waals surface area contributed by atoms with E-state index in [1.165, 1.54) is 11.8 Å². The molecule has 3 aromatic carbocycles. The number of thioether (sulfide) groups is 1. The maximum Gasteiger partial charge on any atom is 0.313 e. The van der Waals surface area contributed by atoms with Crippen molar-refractivity contribution in [2.75, 3.05) is 5.75 Å². The van der Waals surface area contributed by atoms with E-state index in [1.54, 1.807) is 0 Å². The van der Waals surface area contributed by atoms with E-state index in [4.69, 9.17) is 5.11 Å². The van der Waals surface area contributed by atoms with Crippen molar-refractivity contribution in [2.45, 2.75) is 11.7 Å². The molecule has 25 heavy (non-hydrogen) atoms. The molecule has 0 aliphatic rings. The van der Waals surface area contributed by atoms with E-state index in [-0.39, 0.29) is 23.2 Å².